The number of imide groups is 1. The topological polar surface area (TPSA) is 107 Å². The van der Waals surface area contributed by atoms with Gasteiger partial charge >= 0.3 is 5.97 Å². The summed E-state index contributed by atoms with van der Waals surface area (Å²) in [5.74, 6) is -2.50. The zero-order valence-corrected chi connectivity index (χ0v) is 14.6. The van der Waals surface area contributed by atoms with Gasteiger partial charge < -0.3 is 4.74 Å². The summed E-state index contributed by atoms with van der Waals surface area (Å²) in [6.07, 6.45) is 0.717. The largest absolute Gasteiger partial charge is 0.423 e. The second kappa shape index (κ2) is 6.04. The lowest BCUT2D eigenvalue weighted by molar-refractivity contribution is -0.130. The highest BCUT2D eigenvalue weighted by molar-refractivity contribution is 7.85. The first-order valence-electron chi connectivity index (χ1n) is 7.31. The molecule has 0 aromatic heterocycles. The molecule has 2 aromatic carbocycles. The number of ether oxygens (including phenoxy) is 1. The molecule has 8 nitrogen and oxygen atoms in total. The number of hydrogen-bond donors (Lipinski definition) is 0. The molecule has 0 bridgehead atoms. The molecule has 1 aliphatic heterocycles. The fourth-order valence-electron chi connectivity index (χ4n) is 2.51. The lowest BCUT2D eigenvalue weighted by atomic mass is 9.95. The van der Waals surface area contributed by atoms with Crippen molar-refractivity contribution in [3.63, 3.8) is 0 Å². The average Bonchev–Trinajstić information content (AvgIpc) is 2.55. The second-order valence-electron chi connectivity index (χ2n) is 5.73. The third kappa shape index (κ3) is 3.09. The Morgan fingerprint density at radius 1 is 1.12 bits per heavy atom. The summed E-state index contributed by atoms with van der Waals surface area (Å²) < 4.78 is 32.5. The first-order chi connectivity index (χ1) is 12.1. The van der Waals surface area contributed by atoms with Crippen LogP contribution in [0.5, 0.6) is 5.75 Å². The van der Waals surface area contributed by atoms with E-state index in [1.54, 1.807) is 12.1 Å². The standard InChI is InChI=1S/C17H13NO7S/c1-9(2)17(21)24-11-7-10-5-4-6-12-14(10)13(8-11)16(20)18(15(12)19)25-26(3,22)23/h4-8H,1H2,2-3H3. The van der Waals surface area contributed by atoms with E-state index in [-0.39, 0.29) is 27.5 Å². The molecule has 0 N–H and O–H groups in total. The van der Waals surface area contributed by atoms with Gasteiger partial charge in [0.15, 0.2) is 0 Å². The predicted octanol–water partition coefficient (Wildman–Crippen LogP) is 1.81. The van der Waals surface area contributed by atoms with Crippen LogP contribution in [-0.2, 0) is 19.2 Å². The van der Waals surface area contributed by atoms with Crippen LogP contribution < -0.4 is 4.74 Å². The van der Waals surface area contributed by atoms with E-state index in [2.05, 4.69) is 10.9 Å². The van der Waals surface area contributed by atoms with Crippen LogP contribution in [0.3, 0.4) is 0 Å². The van der Waals surface area contributed by atoms with Crippen LogP contribution in [0.25, 0.3) is 10.8 Å². The van der Waals surface area contributed by atoms with E-state index in [0.717, 1.165) is 0 Å². The van der Waals surface area contributed by atoms with Crippen LogP contribution >= 0.6 is 0 Å². The summed E-state index contributed by atoms with van der Waals surface area (Å²) in [6.45, 7) is 4.95. The van der Waals surface area contributed by atoms with Gasteiger partial charge in [0, 0.05) is 11.0 Å². The Balaban J connectivity index is 2.19. The van der Waals surface area contributed by atoms with Crippen molar-refractivity contribution in [2.45, 2.75) is 6.92 Å². The molecular formula is C17H13NO7S. The van der Waals surface area contributed by atoms with Crippen molar-refractivity contribution >= 4 is 38.7 Å². The van der Waals surface area contributed by atoms with Crippen LogP contribution in [-0.4, -0.2) is 37.5 Å². The molecule has 134 valence electrons. The highest BCUT2D eigenvalue weighted by atomic mass is 32.2. The third-order valence-electron chi connectivity index (χ3n) is 3.55. The van der Waals surface area contributed by atoms with E-state index in [0.29, 0.717) is 17.0 Å². The number of hydroxylamine groups is 2. The van der Waals surface area contributed by atoms with Crippen molar-refractivity contribution in [1.82, 2.24) is 5.06 Å². The maximum atomic E-state index is 12.6. The van der Waals surface area contributed by atoms with E-state index < -0.39 is 27.9 Å². The Labute approximate surface area is 148 Å². The summed E-state index contributed by atoms with van der Waals surface area (Å²) in [4.78, 5) is 36.8. The van der Waals surface area contributed by atoms with Gasteiger partial charge in [0.2, 0.25) is 0 Å². The second-order valence-corrected chi connectivity index (χ2v) is 7.29. The SMILES string of the molecule is C=C(C)C(=O)Oc1cc2c3c(cccc3c1)C(=O)N(OS(C)(=O)=O)C2=O. The molecule has 0 saturated heterocycles. The Morgan fingerprint density at radius 3 is 2.38 bits per heavy atom. The van der Waals surface area contributed by atoms with Gasteiger partial charge in [-0.1, -0.05) is 18.7 Å². The number of hydrogen-bond acceptors (Lipinski definition) is 7. The number of carbonyl (C=O) groups is 3. The molecule has 0 unspecified atom stereocenters. The quantitative estimate of drug-likeness (QED) is 0.347. The fourth-order valence-corrected chi connectivity index (χ4v) is 2.92. The molecular weight excluding hydrogens is 362 g/mol. The first kappa shape index (κ1) is 17.8. The molecule has 0 aliphatic carbocycles. The lowest BCUT2D eigenvalue weighted by Crippen LogP contribution is -2.41. The van der Waals surface area contributed by atoms with Crippen molar-refractivity contribution in [2.75, 3.05) is 6.26 Å². The maximum Gasteiger partial charge on any atom is 0.338 e. The van der Waals surface area contributed by atoms with E-state index >= 15 is 0 Å². The highest BCUT2D eigenvalue weighted by Crippen LogP contribution is 2.34. The molecule has 0 saturated carbocycles. The number of esters is 1. The summed E-state index contributed by atoms with van der Waals surface area (Å²) in [7, 11) is -4.11. The molecule has 0 fully saturated rings. The summed E-state index contributed by atoms with van der Waals surface area (Å²) in [6, 6.07) is 7.38. The number of amides is 2. The fraction of sp³-hybridized carbons (Fsp3) is 0.118. The summed E-state index contributed by atoms with van der Waals surface area (Å²) >= 11 is 0. The molecule has 0 atom stereocenters. The molecule has 0 radical (unpaired) electrons. The van der Waals surface area contributed by atoms with Crippen LogP contribution in [0, 0.1) is 0 Å². The Bertz CT molecular complexity index is 1100. The molecule has 2 amide bonds. The third-order valence-corrected chi connectivity index (χ3v) is 3.97. The normalized spacial score (nSPS) is 13.8. The van der Waals surface area contributed by atoms with Crippen LogP contribution in [0.2, 0.25) is 0 Å². The number of rotatable bonds is 4. The van der Waals surface area contributed by atoms with Gasteiger partial charge in [-0.05, 0) is 30.5 Å². The molecule has 1 aliphatic rings. The van der Waals surface area contributed by atoms with Gasteiger partial charge in [0.05, 0.1) is 17.4 Å². The van der Waals surface area contributed by atoms with Crippen LogP contribution in [0.15, 0.2) is 42.5 Å². The molecule has 26 heavy (non-hydrogen) atoms. The van der Waals surface area contributed by atoms with E-state index in [9.17, 15) is 22.8 Å². The van der Waals surface area contributed by atoms with Gasteiger partial charge in [-0.3, -0.25) is 9.59 Å². The monoisotopic (exact) mass is 375 g/mol. The molecule has 9 heteroatoms. The average molecular weight is 375 g/mol. The Hall–Kier alpha value is -3.04. The highest BCUT2D eigenvalue weighted by Gasteiger charge is 2.36. The van der Waals surface area contributed by atoms with Crippen molar-refractivity contribution in [1.29, 1.82) is 0 Å². The summed E-state index contributed by atoms with van der Waals surface area (Å²) in [5, 5.41) is 0.979. The van der Waals surface area contributed by atoms with Gasteiger partial charge in [0.25, 0.3) is 21.9 Å². The van der Waals surface area contributed by atoms with Gasteiger partial charge in [-0.15, -0.1) is 9.35 Å². The zero-order valence-electron chi connectivity index (χ0n) is 13.8. The van der Waals surface area contributed by atoms with Crippen molar-refractivity contribution in [3.8, 4) is 5.75 Å². The van der Waals surface area contributed by atoms with Crippen LogP contribution in [0.1, 0.15) is 27.6 Å². The first-order valence-corrected chi connectivity index (χ1v) is 9.13. The van der Waals surface area contributed by atoms with Crippen molar-refractivity contribution in [3.05, 3.63) is 53.6 Å². The van der Waals surface area contributed by atoms with Crippen molar-refractivity contribution < 1.29 is 31.8 Å². The van der Waals surface area contributed by atoms with E-state index in [4.69, 9.17) is 4.74 Å². The van der Waals surface area contributed by atoms with Gasteiger partial charge in [-0.25, -0.2) is 4.79 Å². The number of carbonyl (C=O) groups excluding carboxylic acids is 3. The minimum Gasteiger partial charge on any atom is -0.423 e. The number of benzene rings is 2. The molecule has 3 rings (SSSR count). The lowest BCUT2D eigenvalue weighted by Gasteiger charge is -2.25. The minimum absolute atomic E-state index is 0.0223. The van der Waals surface area contributed by atoms with Gasteiger partial charge in [-0.2, -0.15) is 8.42 Å². The van der Waals surface area contributed by atoms with E-state index in [1.165, 1.54) is 25.1 Å². The zero-order chi connectivity index (χ0) is 19.2. The smallest absolute Gasteiger partial charge is 0.338 e. The maximum absolute atomic E-state index is 12.6. The number of nitrogens with zero attached hydrogens (tertiary/aromatic N) is 1. The van der Waals surface area contributed by atoms with Crippen molar-refractivity contribution in [2.24, 2.45) is 0 Å². The Morgan fingerprint density at radius 2 is 1.77 bits per heavy atom. The molecule has 2 aromatic rings. The molecule has 1 heterocycles. The van der Waals surface area contributed by atoms with Gasteiger partial charge in [0.1, 0.15) is 5.75 Å². The van der Waals surface area contributed by atoms with Crippen LogP contribution in [0.4, 0.5) is 0 Å². The van der Waals surface area contributed by atoms with E-state index in [1.807, 2.05) is 0 Å². The predicted molar refractivity (Wildman–Crippen MR) is 90.8 cm³/mol. The minimum atomic E-state index is -4.11. The molecule has 0 spiro atoms. The summed E-state index contributed by atoms with van der Waals surface area (Å²) in [5.41, 5.74) is 0.237. The Kier molecular flexibility index (Phi) is 4.13.